The van der Waals surface area contributed by atoms with E-state index >= 15 is 0 Å². The van der Waals surface area contributed by atoms with Gasteiger partial charge in [-0.1, -0.05) is 13.8 Å². The van der Waals surface area contributed by atoms with E-state index < -0.39 is 0 Å². The number of nitrogens with zero attached hydrogens (tertiary/aromatic N) is 2. The van der Waals surface area contributed by atoms with Gasteiger partial charge in [-0.3, -0.25) is 4.68 Å². The van der Waals surface area contributed by atoms with Crippen LogP contribution in [0.5, 0.6) is 0 Å². The topological polar surface area (TPSA) is 39.1 Å². The molecule has 1 fully saturated rings. The van der Waals surface area contributed by atoms with Gasteiger partial charge in [0.15, 0.2) is 0 Å². The first-order chi connectivity index (χ1) is 8.25. The van der Waals surface area contributed by atoms with E-state index in [9.17, 15) is 0 Å². The summed E-state index contributed by atoms with van der Waals surface area (Å²) in [5.74, 6) is 0.685. The van der Waals surface area contributed by atoms with Crippen LogP contribution in [0.3, 0.4) is 0 Å². The van der Waals surface area contributed by atoms with Gasteiger partial charge < -0.3 is 10.1 Å². The maximum absolute atomic E-state index is 5.64. The van der Waals surface area contributed by atoms with Crippen LogP contribution >= 0.6 is 0 Å². The Morgan fingerprint density at radius 2 is 2.47 bits per heavy atom. The molecule has 96 valence electrons. The number of hydrogen-bond donors (Lipinski definition) is 1. The van der Waals surface area contributed by atoms with Gasteiger partial charge in [-0.05, 0) is 31.4 Å². The molecule has 4 nitrogen and oxygen atoms in total. The second-order valence-electron chi connectivity index (χ2n) is 5.16. The standard InChI is InChI=1S/C13H23N3O/c1-11(2)8-14-9-12-5-6-15-16(12)10-13-4-3-7-17-13/h5-6,11,13-14H,3-4,7-10H2,1-2H3. The van der Waals surface area contributed by atoms with Gasteiger partial charge in [-0.2, -0.15) is 5.10 Å². The van der Waals surface area contributed by atoms with Gasteiger partial charge in [0, 0.05) is 19.3 Å². The Morgan fingerprint density at radius 1 is 1.59 bits per heavy atom. The Morgan fingerprint density at radius 3 is 3.18 bits per heavy atom. The molecule has 0 amide bonds. The molecule has 1 N–H and O–H groups in total. The quantitative estimate of drug-likeness (QED) is 0.820. The Hall–Kier alpha value is -0.870. The Kier molecular flexibility index (Phi) is 4.57. The van der Waals surface area contributed by atoms with E-state index in [1.165, 1.54) is 18.5 Å². The molecule has 1 aliphatic rings. The number of nitrogens with one attached hydrogen (secondary N) is 1. The normalized spacial score (nSPS) is 20.3. The number of ether oxygens (including phenoxy) is 1. The van der Waals surface area contributed by atoms with Gasteiger partial charge in [0.05, 0.1) is 18.3 Å². The van der Waals surface area contributed by atoms with Gasteiger partial charge in [0.25, 0.3) is 0 Å². The van der Waals surface area contributed by atoms with E-state index in [2.05, 4.69) is 35.0 Å². The highest BCUT2D eigenvalue weighted by Gasteiger charge is 2.17. The molecule has 0 saturated carbocycles. The predicted octanol–water partition coefficient (Wildman–Crippen LogP) is 1.81. The summed E-state index contributed by atoms with van der Waals surface area (Å²) in [4.78, 5) is 0. The van der Waals surface area contributed by atoms with Crippen LogP contribution in [-0.2, 0) is 17.8 Å². The maximum Gasteiger partial charge on any atom is 0.0771 e. The lowest BCUT2D eigenvalue weighted by molar-refractivity contribution is 0.0931. The van der Waals surface area contributed by atoms with Crippen LogP contribution in [0, 0.1) is 5.92 Å². The van der Waals surface area contributed by atoms with Crippen molar-refractivity contribution >= 4 is 0 Å². The van der Waals surface area contributed by atoms with Crippen molar-refractivity contribution in [1.82, 2.24) is 15.1 Å². The average molecular weight is 237 g/mol. The molecule has 2 rings (SSSR count). The fraction of sp³-hybridized carbons (Fsp3) is 0.769. The van der Waals surface area contributed by atoms with Gasteiger partial charge >= 0.3 is 0 Å². The van der Waals surface area contributed by atoms with E-state index in [1.54, 1.807) is 0 Å². The molecule has 1 saturated heterocycles. The summed E-state index contributed by atoms with van der Waals surface area (Å²) < 4.78 is 7.72. The van der Waals surface area contributed by atoms with Gasteiger partial charge in [0.1, 0.15) is 0 Å². The lowest BCUT2D eigenvalue weighted by atomic mass is 10.2. The van der Waals surface area contributed by atoms with Gasteiger partial charge in [0.2, 0.25) is 0 Å². The van der Waals surface area contributed by atoms with Crippen molar-refractivity contribution in [3.63, 3.8) is 0 Å². The van der Waals surface area contributed by atoms with Crippen molar-refractivity contribution in [1.29, 1.82) is 0 Å². The highest BCUT2D eigenvalue weighted by atomic mass is 16.5. The van der Waals surface area contributed by atoms with E-state index in [1.807, 2.05) is 6.20 Å². The summed E-state index contributed by atoms with van der Waals surface area (Å²) in [5.41, 5.74) is 1.25. The van der Waals surface area contributed by atoms with Gasteiger partial charge in [-0.15, -0.1) is 0 Å². The largest absolute Gasteiger partial charge is 0.376 e. The Labute approximate surface area is 103 Å². The summed E-state index contributed by atoms with van der Waals surface area (Å²) in [6.07, 6.45) is 4.59. The molecule has 1 unspecified atom stereocenters. The molecule has 1 aromatic rings. The first-order valence-electron chi connectivity index (χ1n) is 6.58. The molecular weight excluding hydrogens is 214 g/mol. The Bertz CT molecular complexity index is 329. The van der Waals surface area contributed by atoms with Crippen LogP contribution in [0.4, 0.5) is 0 Å². The minimum Gasteiger partial charge on any atom is -0.376 e. The van der Waals surface area contributed by atoms with Crippen molar-refractivity contribution in [3.8, 4) is 0 Å². The minimum atomic E-state index is 0.360. The van der Waals surface area contributed by atoms with Crippen LogP contribution in [0.15, 0.2) is 12.3 Å². The lowest BCUT2D eigenvalue weighted by Crippen LogP contribution is -2.23. The van der Waals surface area contributed by atoms with Crippen LogP contribution in [0.1, 0.15) is 32.4 Å². The lowest BCUT2D eigenvalue weighted by Gasteiger charge is -2.13. The van der Waals surface area contributed by atoms with Crippen LogP contribution < -0.4 is 5.32 Å². The number of rotatable bonds is 6. The van der Waals surface area contributed by atoms with E-state index in [-0.39, 0.29) is 0 Å². The van der Waals surface area contributed by atoms with Crippen molar-refractivity contribution in [3.05, 3.63) is 18.0 Å². The zero-order valence-electron chi connectivity index (χ0n) is 10.9. The first-order valence-corrected chi connectivity index (χ1v) is 6.58. The van der Waals surface area contributed by atoms with Crippen molar-refractivity contribution < 1.29 is 4.74 Å². The molecule has 0 aliphatic carbocycles. The summed E-state index contributed by atoms with van der Waals surface area (Å²) in [7, 11) is 0. The third kappa shape index (κ3) is 3.82. The molecule has 0 radical (unpaired) electrons. The summed E-state index contributed by atoms with van der Waals surface area (Å²) in [6.45, 7) is 8.18. The minimum absolute atomic E-state index is 0.360. The van der Waals surface area contributed by atoms with Crippen LogP contribution in [0.2, 0.25) is 0 Å². The van der Waals surface area contributed by atoms with Crippen molar-refractivity contribution in [2.75, 3.05) is 13.2 Å². The molecule has 1 aromatic heterocycles. The van der Waals surface area contributed by atoms with Crippen LogP contribution in [-0.4, -0.2) is 29.0 Å². The van der Waals surface area contributed by atoms with E-state index in [0.717, 1.165) is 26.2 Å². The molecule has 17 heavy (non-hydrogen) atoms. The SMILES string of the molecule is CC(C)CNCc1ccnn1CC1CCCO1. The molecule has 0 spiro atoms. The predicted molar refractivity (Wildman–Crippen MR) is 67.7 cm³/mol. The zero-order chi connectivity index (χ0) is 12.1. The van der Waals surface area contributed by atoms with E-state index in [0.29, 0.717) is 12.0 Å². The van der Waals surface area contributed by atoms with E-state index in [4.69, 9.17) is 4.74 Å². The third-order valence-electron chi connectivity index (χ3n) is 3.06. The fourth-order valence-electron chi connectivity index (χ4n) is 2.14. The monoisotopic (exact) mass is 237 g/mol. The van der Waals surface area contributed by atoms with Crippen LogP contribution in [0.25, 0.3) is 0 Å². The fourth-order valence-corrected chi connectivity index (χ4v) is 2.14. The summed E-state index contributed by atoms with van der Waals surface area (Å²) >= 11 is 0. The number of hydrogen-bond acceptors (Lipinski definition) is 3. The molecule has 1 atom stereocenters. The third-order valence-corrected chi connectivity index (χ3v) is 3.06. The summed E-state index contributed by atoms with van der Waals surface area (Å²) in [6, 6.07) is 2.09. The zero-order valence-corrected chi connectivity index (χ0v) is 10.9. The molecule has 0 aromatic carbocycles. The second-order valence-corrected chi connectivity index (χ2v) is 5.16. The average Bonchev–Trinajstić information content (AvgIpc) is 2.91. The highest BCUT2D eigenvalue weighted by molar-refractivity contribution is 5.00. The molecule has 0 bridgehead atoms. The number of aromatic nitrogens is 2. The maximum atomic E-state index is 5.64. The second kappa shape index (κ2) is 6.17. The molecule has 2 heterocycles. The molecule has 4 heteroatoms. The first kappa shape index (κ1) is 12.6. The smallest absolute Gasteiger partial charge is 0.0771 e. The highest BCUT2D eigenvalue weighted by Crippen LogP contribution is 2.14. The molecular formula is C13H23N3O. The van der Waals surface area contributed by atoms with Crippen molar-refractivity contribution in [2.45, 2.75) is 45.9 Å². The summed E-state index contributed by atoms with van der Waals surface area (Å²) in [5, 5.41) is 7.82. The molecule has 1 aliphatic heterocycles. The Balaban J connectivity index is 1.83. The van der Waals surface area contributed by atoms with Crippen molar-refractivity contribution in [2.24, 2.45) is 5.92 Å². The van der Waals surface area contributed by atoms with Gasteiger partial charge in [-0.25, -0.2) is 0 Å².